The predicted octanol–water partition coefficient (Wildman–Crippen LogP) is 0.831. The number of carbonyl (C=O) groups excluding carboxylic acids is 1. The molecule has 2 aliphatic heterocycles. The second kappa shape index (κ2) is 5.13. The summed E-state index contributed by atoms with van der Waals surface area (Å²) in [5, 5.41) is 0. The fourth-order valence-electron chi connectivity index (χ4n) is 2.36. The summed E-state index contributed by atoms with van der Waals surface area (Å²) in [6.07, 6.45) is -1.37. The lowest BCUT2D eigenvalue weighted by Crippen LogP contribution is -2.50. The summed E-state index contributed by atoms with van der Waals surface area (Å²) < 4.78 is 27.2. The second-order valence-electron chi connectivity index (χ2n) is 4.86. The topological polar surface area (TPSA) is 63.2 Å². The molecule has 4 atom stereocenters. The maximum Gasteiger partial charge on any atom is 0.335 e. The minimum absolute atomic E-state index is 0.215. The van der Waals surface area contributed by atoms with E-state index in [0.29, 0.717) is 13.0 Å². The van der Waals surface area contributed by atoms with Gasteiger partial charge in [0.05, 0.1) is 12.7 Å². The minimum atomic E-state index is -0.682. The lowest BCUT2D eigenvalue weighted by Gasteiger charge is -2.34. The van der Waals surface area contributed by atoms with Gasteiger partial charge in [0.1, 0.15) is 6.10 Å². The van der Waals surface area contributed by atoms with Crippen molar-refractivity contribution in [2.24, 2.45) is 0 Å². The van der Waals surface area contributed by atoms with Crippen molar-refractivity contribution < 1.29 is 28.5 Å². The molecule has 0 N–H and O–H groups in total. The molecule has 0 aliphatic carbocycles. The second-order valence-corrected chi connectivity index (χ2v) is 4.86. The van der Waals surface area contributed by atoms with Crippen LogP contribution >= 0.6 is 0 Å². The quantitative estimate of drug-likeness (QED) is 0.700. The van der Waals surface area contributed by atoms with E-state index in [9.17, 15) is 4.79 Å². The molecule has 2 heterocycles. The molecule has 2 fully saturated rings. The third-order valence-electron chi connectivity index (χ3n) is 3.02. The highest BCUT2D eigenvalue weighted by Gasteiger charge is 2.52. The number of hydrogen-bond donors (Lipinski definition) is 0. The first-order valence-corrected chi connectivity index (χ1v) is 6.17. The number of ether oxygens (including phenoxy) is 5. The van der Waals surface area contributed by atoms with E-state index in [2.05, 4.69) is 0 Å². The largest absolute Gasteiger partial charge is 0.464 e. The summed E-state index contributed by atoms with van der Waals surface area (Å²) in [7, 11) is 1.52. The summed E-state index contributed by atoms with van der Waals surface area (Å²) in [6.45, 7) is 5.75. The monoisotopic (exact) mass is 260 g/mol. The van der Waals surface area contributed by atoms with E-state index in [4.69, 9.17) is 23.7 Å². The van der Waals surface area contributed by atoms with Crippen LogP contribution in [0.4, 0.5) is 0 Å². The molecule has 2 rings (SSSR count). The molecule has 6 nitrogen and oxygen atoms in total. The van der Waals surface area contributed by atoms with E-state index in [1.54, 1.807) is 6.92 Å². The zero-order chi connectivity index (χ0) is 13.3. The molecule has 2 aliphatic rings. The highest BCUT2D eigenvalue weighted by Crippen LogP contribution is 2.37. The number of hydrogen-bond acceptors (Lipinski definition) is 6. The molecular weight excluding hydrogens is 240 g/mol. The lowest BCUT2D eigenvalue weighted by atomic mass is 10.0. The van der Waals surface area contributed by atoms with Gasteiger partial charge in [-0.15, -0.1) is 0 Å². The predicted molar refractivity (Wildman–Crippen MR) is 60.7 cm³/mol. The van der Waals surface area contributed by atoms with Gasteiger partial charge < -0.3 is 23.7 Å². The molecule has 0 spiro atoms. The van der Waals surface area contributed by atoms with Crippen LogP contribution in [0.2, 0.25) is 0 Å². The Morgan fingerprint density at radius 3 is 2.72 bits per heavy atom. The Morgan fingerprint density at radius 1 is 1.39 bits per heavy atom. The van der Waals surface area contributed by atoms with Crippen molar-refractivity contribution in [2.45, 2.75) is 57.6 Å². The Balaban J connectivity index is 2.07. The Labute approximate surface area is 106 Å². The van der Waals surface area contributed by atoms with Gasteiger partial charge in [0.2, 0.25) is 0 Å². The van der Waals surface area contributed by atoms with Gasteiger partial charge in [-0.3, -0.25) is 0 Å². The summed E-state index contributed by atoms with van der Waals surface area (Å²) in [5.74, 6) is -1.06. The molecule has 4 unspecified atom stereocenters. The number of esters is 1. The molecular formula is C12H20O6. The molecule has 2 saturated heterocycles. The van der Waals surface area contributed by atoms with Gasteiger partial charge in [-0.2, -0.15) is 0 Å². The average molecular weight is 260 g/mol. The third kappa shape index (κ3) is 2.66. The molecule has 0 aromatic rings. The first kappa shape index (κ1) is 13.7. The van der Waals surface area contributed by atoms with Crippen molar-refractivity contribution in [3.05, 3.63) is 0 Å². The fraction of sp³-hybridized carbons (Fsp3) is 0.917. The van der Waals surface area contributed by atoms with Gasteiger partial charge in [-0.05, 0) is 20.8 Å². The number of methoxy groups -OCH3 is 1. The minimum Gasteiger partial charge on any atom is -0.464 e. The van der Waals surface area contributed by atoms with Crippen molar-refractivity contribution in [1.82, 2.24) is 0 Å². The van der Waals surface area contributed by atoms with Crippen LogP contribution in [-0.4, -0.2) is 50.1 Å². The van der Waals surface area contributed by atoms with Gasteiger partial charge in [0.15, 0.2) is 18.2 Å². The van der Waals surface area contributed by atoms with Crippen molar-refractivity contribution in [3.8, 4) is 0 Å². The van der Waals surface area contributed by atoms with Crippen LogP contribution in [0.15, 0.2) is 0 Å². The van der Waals surface area contributed by atoms with Crippen LogP contribution in [-0.2, 0) is 28.5 Å². The van der Waals surface area contributed by atoms with Crippen LogP contribution in [0.5, 0.6) is 0 Å². The Bertz CT molecular complexity index is 316. The first-order chi connectivity index (χ1) is 8.46. The molecule has 0 radical (unpaired) electrons. The molecule has 0 aromatic heterocycles. The maximum atomic E-state index is 11.7. The molecule has 0 saturated carbocycles. The van der Waals surface area contributed by atoms with E-state index in [0.717, 1.165) is 0 Å². The van der Waals surface area contributed by atoms with E-state index in [1.807, 2.05) is 13.8 Å². The van der Waals surface area contributed by atoms with Gasteiger partial charge in [0, 0.05) is 13.5 Å². The standard InChI is InChI=1S/C12H20O6/c1-5-15-10(13)8-6-7-9(11(14-4)16-8)18-12(2,3)17-7/h7-9,11H,5-6H2,1-4H3. The lowest BCUT2D eigenvalue weighted by molar-refractivity contribution is -0.244. The Kier molecular flexibility index (Phi) is 3.91. The molecule has 0 bridgehead atoms. The van der Waals surface area contributed by atoms with Crippen molar-refractivity contribution >= 4 is 5.97 Å². The van der Waals surface area contributed by atoms with Crippen molar-refractivity contribution in [1.29, 1.82) is 0 Å². The van der Waals surface area contributed by atoms with Gasteiger partial charge in [-0.25, -0.2) is 4.79 Å². The number of fused-ring (bicyclic) bond motifs is 1. The van der Waals surface area contributed by atoms with E-state index < -0.39 is 18.2 Å². The normalized spacial score (nSPS) is 38.2. The zero-order valence-corrected chi connectivity index (χ0v) is 11.2. The highest BCUT2D eigenvalue weighted by molar-refractivity contribution is 5.74. The fourth-order valence-corrected chi connectivity index (χ4v) is 2.36. The SMILES string of the molecule is CCOC(=O)C1CC2OC(C)(C)OC2C(OC)O1. The third-order valence-corrected chi connectivity index (χ3v) is 3.02. The van der Waals surface area contributed by atoms with E-state index >= 15 is 0 Å². The molecule has 0 amide bonds. The maximum absolute atomic E-state index is 11.7. The number of rotatable bonds is 3. The Hall–Kier alpha value is -0.690. The van der Waals surface area contributed by atoms with Gasteiger partial charge in [0.25, 0.3) is 0 Å². The average Bonchev–Trinajstić information content (AvgIpc) is 2.61. The van der Waals surface area contributed by atoms with Crippen molar-refractivity contribution in [3.63, 3.8) is 0 Å². The van der Waals surface area contributed by atoms with Gasteiger partial charge in [-0.1, -0.05) is 0 Å². The Morgan fingerprint density at radius 2 is 2.11 bits per heavy atom. The summed E-state index contributed by atoms with van der Waals surface area (Å²) in [5.41, 5.74) is 0. The van der Waals surface area contributed by atoms with Crippen LogP contribution < -0.4 is 0 Å². The zero-order valence-electron chi connectivity index (χ0n) is 11.2. The van der Waals surface area contributed by atoms with Crippen LogP contribution in [0.3, 0.4) is 0 Å². The number of carbonyl (C=O) groups is 1. The summed E-state index contributed by atoms with van der Waals surface area (Å²) in [6, 6.07) is 0. The molecule has 6 heteroatoms. The smallest absolute Gasteiger partial charge is 0.335 e. The molecule has 18 heavy (non-hydrogen) atoms. The summed E-state index contributed by atoms with van der Waals surface area (Å²) in [4.78, 5) is 11.7. The molecule has 0 aromatic carbocycles. The van der Waals surface area contributed by atoms with Crippen LogP contribution in [0, 0.1) is 0 Å². The van der Waals surface area contributed by atoms with Crippen molar-refractivity contribution in [2.75, 3.05) is 13.7 Å². The first-order valence-electron chi connectivity index (χ1n) is 6.17. The highest BCUT2D eigenvalue weighted by atomic mass is 16.8. The summed E-state index contributed by atoms with van der Waals surface area (Å²) >= 11 is 0. The van der Waals surface area contributed by atoms with E-state index in [1.165, 1.54) is 7.11 Å². The molecule has 104 valence electrons. The van der Waals surface area contributed by atoms with Crippen LogP contribution in [0.25, 0.3) is 0 Å². The van der Waals surface area contributed by atoms with Crippen LogP contribution in [0.1, 0.15) is 27.2 Å². The van der Waals surface area contributed by atoms with E-state index in [-0.39, 0.29) is 18.2 Å². The van der Waals surface area contributed by atoms with Gasteiger partial charge >= 0.3 is 5.97 Å².